The lowest BCUT2D eigenvalue weighted by Gasteiger charge is -1.98. The lowest BCUT2D eigenvalue weighted by molar-refractivity contribution is 0.470. The van der Waals surface area contributed by atoms with Gasteiger partial charge in [-0.3, -0.25) is 9.37 Å². The highest BCUT2D eigenvalue weighted by atomic mass is 31.1. The molecule has 12 heavy (non-hydrogen) atoms. The fourth-order valence-corrected chi connectivity index (χ4v) is 2.01. The smallest absolute Gasteiger partial charge is 0.0894 e. The second-order valence-corrected chi connectivity index (χ2v) is 4.00. The molecule has 0 spiro atoms. The largest absolute Gasteiger partial charge is 0.264 e. The van der Waals surface area contributed by atoms with Crippen LogP contribution < -0.4 is 5.30 Å². The molecule has 0 amide bonds. The van der Waals surface area contributed by atoms with Crippen molar-refractivity contribution in [2.45, 2.75) is 12.8 Å². The van der Waals surface area contributed by atoms with Crippen LogP contribution in [0.15, 0.2) is 24.5 Å². The molecule has 66 valence electrons. The van der Waals surface area contributed by atoms with Gasteiger partial charge in [-0.15, -0.1) is 0 Å². The van der Waals surface area contributed by atoms with Crippen molar-refractivity contribution in [1.82, 2.24) is 4.98 Å². The van der Waals surface area contributed by atoms with E-state index in [-0.39, 0.29) is 6.67 Å². The van der Waals surface area contributed by atoms with Crippen molar-refractivity contribution in [2.75, 3.05) is 12.8 Å². The second-order valence-electron chi connectivity index (χ2n) is 2.56. The number of rotatable bonds is 5. The molecule has 1 rings (SSSR count). The maximum Gasteiger partial charge on any atom is 0.0894 e. The zero-order valence-electron chi connectivity index (χ0n) is 6.96. The first-order chi connectivity index (χ1) is 5.93. The number of unbranched alkanes of at least 4 members (excludes halogenated alkanes) is 1. The minimum atomic E-state index is -0.183. The Morgan fingerprint density at radius 3 is 3.00 bits per heavy atom. The Labute approximate surface area is 74.2 Å². The molecule has 0 aliphatic carbocycles. The van der Waals surface area contributed by atoms with Gasteiger partial charge in [-0.1, -0.05) is 14.6 Å². The molecule has 0 saturated heterocycles. The van der Waals surface area contributed by atoms with Gasteiger partial charge in [-0.25, -0.2) is 0 Å². The third kappa shape index (κ3) is 3.77. The average Bonchev–Trinajstić information content (AvgIpc) is 2.14. The first-order valence-corrected chi connectivity index (χ1v) is 5.34. The van der Waals surface area contributed by atoms with Gasteiger partial charge in [0, 0.05) is 12.4 Å². The number of aromatic nitrogens is 1. The second kappa shape index (κ2) is 6.07. The summed E-state index contributed by atoms with van der Waals surface area (Å²) in [7, 11) is 0.785. The molecular weight excluding hydrogens is 171 g/mol. The van der Waals surface area contributed by atoms with E-state index in [1.165, 1.54) is 5.30 Å². The minimum absolute atomic E-state index is 0.183. The third-order valence-electron chi connectivity index (χ3n) is 1.55. The van der Waals surface area contributed by atoms with Gasteiger partial charge in [0.1, 0.15) is 0 Å². The van der Waals surface area contributed by atoms with E-state index in [0.717, 1.165) is 21.2 Å². The summed E-state index contributed by atoms with van der Waals surface area (Å²) < 4.78 is 11.7. The zero-order chi connectivity index (χ0) is 8.65. The number of pyridine rings is 1. The lowest BCUT2D eigenvalue weighted by Crippen LogP contribution is -1.95. The van der Waals surface area contributed by atoms with Gasteiger partial charge in [0.15, 0.2) is 0 Å². The van der Waals surface area contributed by atoms with E-state index in [1.807, 2.05) is 12.3 Å². The van der Waals surface area contributed by atoms with E-state index in [1.54, 1.807) is 6.20 Å². The summed E-state index contributed by atoms with van der Waals surface area (Å²) in [6.07, 6.45) is 6.44. The molecule has 1 aromatic heterocycles. The van der Waals surface area contributed by atoms with Crippen molar-refractivity contribution in [3.8, 4) is 0 Å². The van der Waals surface area contributed by atoms with Crippen molar-refractivity contribution in [3.05, 3.63) is 24.5 Å². The molecule has 0 fully saturated rings. The Kier molecular flexibility index (Phi) is 4.86. The van der Waals surface area contributed by atoms with E-state index in [0.29, 0.717) is 6.42 Å². The third-order valence-corrected chi connectivity index (χ3v) is 2.86. The predicted octanol–water partition coefficient (Wildman–Crippen LogP) is 2.14. The van der Waals surface area contributed by atoms with Crippen LogP contribution in [0.3, 0.4) is 0 Å². The SMILES string of the molecule is [18F]CCCCPc1cccnc1. The highest BCUT2D eigenvalue weighted by Gasteiger charge is 1.91. The fraction of sp³-hybridized carbons (Fsp3) is 0.444. The number of halogens is 1. The van der Waals surface area contributed by atoms with Crippen LogP contribution in [0.25, 0.3) is 0 Å². The normalized spacial score (nSPS) is 11.1. The van der Waals surface area contributed by atoms with E-state index in [4.69, 9.17) is 0 Å². The summed E-state index contributed by atoms with van der Waals surface area (Å²) in [6, 6.07) is 4.01. The van der Waals surface area contributed by atoms with Gasteiger partial charge in [-0.2, -0.15) is 0 Å². The summed E-state index contributed by atoms with van der Waals surface area (Å²) >= 11 is 0. The quantitative estimate of drug-likeness (QED) is 0.504. The first kappa shape index (κ1) is 9.60. The van der Waals surface area contributed by atoms with Crippen LogP contribution in [0, 0.1) is 0 Å². The Bertz CT molecular complexity index is 203. The van der Waals surface area contributed by atoms with Crippen LogP contribution in [0.4, 0.5) is 4.39 Å². The summed E-state index contributed by atoms with van der Waals surface area (Å²) in [5.74, 6) is 0. The Balaban J connectivity index is 2.16. The standard InChI is InChI=1S/C9H13FNP/c10-5-1-2-7-12-9-4-3-6-11-8-9/h3-4,6,8,12H,1-2,5,7H2/i10-1. The highest BCUT2D eigenvalue weighted by Crippen LogP contribution is 2.11. The van der Waals surface area contributed by atoms with Crippen LogP contribution in [-0.4, -0.2) is 17.8 Å². The number of alkyl halides is 1. The van der Waals surface area contributed by atoms with E-state index in [2.05, 4.69) is 11.1 Å². The summed E-state index contributed by atoms with van der Waals surface area (Å²) in [5.41, 5.74) is 0. The van der Waals surface area contributed by atoms with Crippen LogP contribution in [0.2, 0.25) is 0 Å². The van der Waals surface area contributed by atoms with Crippen molar-refractivity contribution >= 4 is 13.9 Å². The van der Waals surface area contributed by atoms with E-state index >= 15 is 0 Å². The number of hydrogen-bond acceptors (Lipinski definition) is 1. The molecule has 0 radical (unpaired) electrons. The molecule has 0 aliphatic heterocycles. The predicted molar refractivity (Wildman–Crippen MR) is 52.3 cm³/mol. The van der Waals surface area contributed by atoms with Crippen molar-refractivity contribution in [2.24, 2.45) is 0 Å². The van der Waals surface area contributed by atoms with Gasteiger partial charge >= 0.3 is 0 Å². The molecule has 1 aromatic rings. The van der Waals surface area contributed by atoms with Crippen molar-refractivity contribution in [1.29, 1.82) is 0 Å². The Morgan fingerprint density at radius 1 is 1.42 bits per heavy atom. The lowest BCUT2D eigenvalue weighted by atomic mass is 10.4. The van der Waals surface area contributed by atoms with Crippen LogP contribution in [0.1, 0.15) is 12.8 Å². The molecule has 3 heteroatoms. The highest BCUT2D eigenvalue weighted by molar-refractivity contribution is 7.47. The van der Waals surface area contributed by atoms with Gasteiger partial charge < -0.3 is 0 Å². The monoisotopic (exact) mass is 184 g/mol. The average molecular weight is 184 g/mol. The summed E-state index contributed by atoms with van der Waals surface area (Å²) in [6.45, 7) is -0.183. The van der Waals surface area contributed by atoms with E-state index < -0.39 is 0 Å². The summed E-state index contributed by atoms with van der Waals surface area (Å²) in [4.78, 5) is 4.02. The van der Waals surface area contributed by atoms with Gasteiger partial charge in [-0.05, 0) is 30.4 Å². The molecule has 1 heterocycles. The molecular formula is C9H13FNP. The van der Waals surface area contributed by atoms with Gasteiger partial charge in [0.05, 0.1) is 6.67 Å². The first-order valence-electron chi connectivity index (χ1n) is 4.13. The van der Waals surface area contributed by atoms with Gasteiger partial charge in [0.25, 0.3) is 0 Å². The molecule has 0 bridgehead atoms. The van der Waals surface area contributed by atoms with Crippen LogP contribution in [-0.2, 0) is 0 Å². The molecule has 0 aliphatic rings. The topological polar surface area (TPSA) is 12.9 Å². The van der Waals surface area contributed by atoms with Crippen LogP contribution >= 0.6 is 8.58 Å². The number of hydrogen-bond donors (Lipinski definition) is 0. The fourth-order valence-electron chi connectivity index (χ4n) is 0.920. The maximum absolute atomic E-state index is 11.7. The van der Waals surface area contributed by atoms with Gasteiger partial charge in [0.2, 0.25) is 0 Å². The van der Waals surface area contributed by atoms with Crippen molar-refractivity contribution < 1.29 is 4.39 Å². The molecule has 1 unspecified atom stereocenters. The molecule has 0 N–H and O–H groups in total. The van der Waals surface area contributed by atoms with E-state index in [9.17, 15) is 4.39 Å². The number of nitrogens with zero attached hydrogens (tertiary/aromatic N) is 1. The molecule has 1 nitrogen and oxygen atoms in total. The molecule has 0 saturated carbocycles. The van der Waals surface area contributed by atoms with Crippen molar-refractivity contribution in [3.63, 3.8) is 0 Å². The zero-order valence-corrected chi connectivity index (χ0v) is 7.96. The summed E-state index contributed by atoms with van der Waals surface area (Å²) in [5, 5.41) is 1.27. The Morgan fingerprint density at radius 2 is 2.33 bits per heavy atom. The Hall–Kier alpha value is -0.490. The maximum atomic E-state index is 11.7. The molecule has 0 aromatic carbocycles. The van der Waals surface area contributed by atoms with Crippen LogP contribution in [0.5, 0.6) is 0 Å². The minimum Gasteiger partial charge on any atom is -0.264 e. The molecule has 1 atom stereocenters.